The quantitative estimate of drug-likeness (QED) is 0.178. The van der Waals surface area contributed by atoms with E-state index in [4.69, 9.17) is 5.26 Å². The number of carbonyl (C=O) groups is 2. The predicted octanol–water partition coefficient (Wildman–Crippen LogP) is 3.42. The molecule has 0 saturated heterocycles. The average molecular weight is 489 g/mol. The van der Waals surface area contributed by atoms with Gasteiger partial charge < -0.3 is 10.2 Å². The predicted molar refractivity (Wildman–Crippen MR) is 126 cm³/mol. The third-order valence-electron chi connectivity index (χ3n) is 7.60. The van der Waals surface area contributed by atoms with Crippen molar-refractivity contribution in [3.05, 3.63) is 0 Å². The van der Waals surface area contributed by atoms with Crippen molar-refractivity contribution in [3.8, 4) is 0 Å². The van der Waals surface area contributed by atoms with Gasteiger partial charge >= 0.3 is 11.9 Å². The summed E-state index contributed by atoms with van der Waals surface area (Å²) in [6.07, 6.45) is 12.5. The Morgan fingerprint density at radius 2 is 1.32 bits per heavy atom. The summed E-state index contributed by atoms with van der Waals surface area (Å²) >= 11 is 0. The van der Waals surface area contributed by atoms with Crippen LogP contribution in [0.3, 0.4) is 0 Å². The van der Waals surface area contributed by atoms with E-state index in [1.54, 1.807) is 9.80 Å². The minimum atomic E-state index is -0.978. The molecule has 0 heterocycles. The van der Waals surface area contributed by atoms with Crippen LogP contribution < -0.4 is 0 Å². The first-order valence-electron chi connectivity index (χ1n) is 12.9. The van der Waals surface area contributed by atoms with Crippen LogP contribution in [0.4, 0.5) is 0 Å². The Morgan fingerprint density at radius 3 is 1.82 bits per heavy atom. The highest BCUT2D eigenvalue weighted by molar-refractivity contribution is 5.73. The van der Waals surface area contributed by atoms with Gasteiger partial charge in [0.05, 0.1) is 19.8 Å². The summed E-state index contributed by atoms with van der Waals surface area (Å²) in [6.45, 7) is 0.614. The lowest BCUT2D eigenvalue weighted by atomic mass is 9.84. The van der Waals surface area contributed by atoms with Gasteiger partial charge in [-0.2, -0.15) is 0 Å². The molecular formula is C24H44N2O8. The third kappa shape index (κ3) is 10.5. The molecule has 0 spiro atoms. The Kier molecular flexibility index (Phi) is 13.9. The van der Waals surface area contributed by atoms with Gasteiger partial charge in [-0.25, -0.2) is 9.78 Å². The van der Waals surface area contributed by atoms with Crippen LogP contribution in [-0.2, 0) is 19.4 Å². The van der Waals surface area contributed by atoms with E-state index >= 15 is 0 Å². The SMILES string of the molecule is O=C(O)CN(CCN(CCOO)C(CC1CCCCC1)C(=O)O)C(COO)CC1CCCCC1. The van der Waals surface area contributed by atoms with Gasteiger partial charge in [0.1, 0.15) is 6.04 Å². The van der Waals surface area contributed by atoms with Gasteiger partial charge in [-0.05, 0) is 24.7 Å². The van der Waals surface area contributed by atoms with Crippen LogP contribution in [0.2, 0.25) is 0 Å². The molecule has 2 unspecified atom stereocenters. The van der Waals surface area contributed by atoms with Gasteiger partial charge in [0, 0.05) is 25.7 Å². The Labute approximate surface area is 202 Å². The average Bonchev–Trinajstić information content (AvgIpc) is 2.83. The lowest BCUT2D eigenvalue weighted by Gasteiger charge is -2.37. The number of carboxylic acid groups (broad SMARTS) is 2. The molecule has 2 atom stereocenters. The molecule has 2 aliphatic carbocycles. The standard InChI is InChI=1S/C24H44N2O8/c27-23(28)17-26(21(18-34-32)15-19-7-3-1-4-8-19)12-11-25(13-14-33-31)22(24(29)30)16-20-9-5-2-6-10-20/h19-22,31-32H,1-18H2,(H,27,28)(H,29,30). The minimum Gasteiger partial charge on any atom is -0.480 e. The van der Waals surface area contributed by atoms with E-state index in [1.807, 2.05) is 0 Å². The molecule has 10 nitrogen and oxygen atoms in total. The van der Waals surface area contributed by atoms with E-state index in [0.717, 1.165) is 57.8 Å². The molecule has 34 heavy (non-hydrogen) atoms. The zero-order valence-corrected chi connectivity index (χ0v) is 20.4. The second-order valence-electron chi connectivity index (χ2n) is 10.0. The molecule has 2 fully saturated rings. The maximum Gasteiger partial charge on any atom is 0.320 e. The first-order valence-corrected chi connectivity index (χ1v) is 12.9. The molecular weight excluding hydrogens is 444 g/mol. The molecule has 0 radical (unpaired) electrons. The van der Waals surface area contributed by atoms with Crippen molar-refractivity contribution in [1.29, 1.82) is 0 Å². The van der Waals surface area contributed by atoms with Gasteiger partial charge in [0.2, 0.25) is 0 Å². The summed E-state index contributed by atoms with van der Waals surface area (Å²) in [5.41, 5.74) is 0. The molecule has 198 valence electrons. The maximum atomic E-state index is 12.2. The van der Waals surface area contributed by atoms with Crippen molar-refractivity contribution in [2.45, 2.75) is 89.1 Å². The van der Waals surface area contributed by atoms with Crippen LogP contribution in [0.1, 0.15) is 77.0 Å². The van der Waals surface area contributed by atoms with Crippen molar-refractivity contribution >= 4 is 11.9 Å². The molecule has 0 bridgehead atoms. The number of nitrogens with zero attached hydrogens (tertiary/aromatic N) is 2. The molecule has 0 aromatic heterocycles. The second-order valence-corrected chi connectivity index (χ2v) is 10.0. The third-order valence-corrected chi connectivity index (χ3v) is 7.60. The van der Waals surface area contributed by atoms with Crippen molar-refractivity contribution in [2.24, 2.45) is 11.8 Å². The van der Waals surface area contributed by atoms with E-state index in [-0.39, 0.29) is 32.3 Å². The summed E-state index contributed by atoms with van der Waals surface area (Å²) < 4.78 is 0. The molecule has 0 aromatic rings. The van der Waals surface area contributed by atoms with Crippen LogP contribution in [0.5, 0.6) is 0 Å². The first kappa shape index (κ1) is 28.9. The van der Waals surface area contributed by atoms with Gasteiger partial charge in [0.25, 0.3) is 0 Å². The summed E-state index contributed by atoms with van der Waals surface area (Å²) in [4.78, 5) is 36.1. The van der Waals surface area contributed by atoms with Crippen molar-refractivity contribution in [3.63, 3.8) is 0 Å². The fraction of sp³-hybridized carbons (Fsp3) is 0.917. The summed E-state index contributed by atoms with van der Waals surface area (Å²) in [6, 6.07) is -1.00. The summed E-state index contributed by atoms with van der Waals surface area (Å²) in [7, 11) is 0. The lowest BCUT2D eigenvalue weighted by Crippen LogP contribution is -2.50. The fourth-order valence-electron chi connectivity index (χ4n) is 5.76. The molecule has 2 rings (SSSR count). The van der Waals surface area contributed by atoms with E-state index in [1.165, 1.54) is 12.8 Å². The molecule has 2 aliphatic rings. The van der Waals surface area contributed by atoms with Crippen molar-refractivity contribution in [1.82, 2.24) is 9.80 Å². The van der Waals surface area contributed by atoms with Gasteiger partial charge in [0.15, 0.2) is 0 Å². The number of aliphatic carboxylic acids is 2. The molecule has 10 heteroatoms. The Bertz CT molecular complexity index is 579. The molecule has 0 aliphatic heterocycles. The second kappa shape index (κ2) is 16.4. The normalized spacial score (nSPS) is 20.0. The van der Waals surface area contributed by atoms with Gasteiger partial charge in [-0.3, -0.25) is 29.9 Å². The zero-order chi connectivity index (χ0) is 24.8. The van der Waals surface area contributed by atoms with Crippen LogP contribution in [0.15, 0.2) is 0 Å². The number of hydrogen-bond donors (Lipinski definition) is 4. The number of rotatable bonds is 17. The highest BCUT2D eigenvalue weighted by atomic mass is 17.1. The maximum absolute atomic E-state index is 12.2. The molecule has 2 saturated carbocycles. The smallest absolute Gasteiger partial charge is 0.320 e. The highest BCUT2D eigenvalue weighted by Crippen LogP contribution is 2.30. The van der Waals surface area contributed by atoms with Gasteiger partial charge in [-0.15, -0.1) is 0 Å². The van der Waals surface area contributed by atoms with E-state index < -0.39 is 18.0 Å². The minimum absolute atomic E-state index is 0.00790. The van der Waals surface area contributed by atoms with Crippen molar-refractivity contribution in [2.75, 3.05) is 39.4 Å². The fourth-order valence-corrected chi connectivity index (χ4v) is 5.76. The largest absolute Gasteiger partial charge is 0.480 e. The van der Waals surface area contributed by atoms with Crippen molar-refractivity contribution < 1.29 is 40.1 Å². The van der Waals surface area contributed by atoms with E-state index in [9.17, 15) is 25.1 Å². The highest BCUT2D eigenvalue weighted by Gasteiger charge is 2.31. The molecule has 4 N–H and O–H groups in total. The zero-order valence-electron chi connectivity index (χ0n) is 20.4. The Balaban J connectivity index is 2.09. The molecule has 0 amide bonds. The van der Waals surface area contributed by atoms with E-state index in [2.05, 4.69) is 9.78 Å². The first-order chi connectivity index (χ1) is 16.4. The molecule has 0 aromatic carbocycles. The van der Waals surface area contributed by atoms with Crippen LogP contribution in [-0.4, -0.2) is 93.9 Å². The Morgan fingerprint density at radius 1 is 0.765 bits per heavy atom. The summed E-state index contributed by atoms with van der Waals surface area (Å²) in [5.74, 6) is -1.08. The van der Waals surface area contributed by atoms with Gasteiger partial charge in [-0.1, -0.05) is 64.2 Å². The number of carboxylic acids is 2. The van der Waals surface area contributed by atoms with Crippen LogP contribution in [0.25, 0.3) is 0 Å². The van der Waals surface area contributed by atoms with Crippen LogP contribution in [0, 0.1) is 11.8 Å². The topological polar surface area (TPSA) is 140 Å². The van der Waals surface area contributed by atoms with E-state index in [0.29, 0.717) is 31.3 Å². The monoisotopic (exact) mass is 488 g/mol. The Hall–Kier alpha value is -1.30. The lowest BCUT2D eigenvalue weighted by molar-refractivity contribution is -0.253. The summed E-state index contributed by atoms with van der Waals surface area (Å²) in [5, 5.41) is 37.6. The van der Waals surface area contributed by atoms with Crippen LogP contribution >= 0.6 is 0 Å². The number of hydrogen-bond acceptors (Lipinski definition) is 8.